The van der Waals surface area contributed by atoms with Gasteiger partial charge in [0.1, 0.15) is 0 Å². The van der Waals surface area contributed by atoms with E-state index in [9.17, 15) is 4.79 Å². The summed E-state index contributed by atoms with van der Waals surface area (Å²) in [4.78, 5) is 14.3. The number of hydrogen-bond donors (Lipinski definition) is 2. The van der Waals surface area contributed by atoms with Crippen LogP contribution in [0.3, 0.4) is 0 Å². The number of halogens is 1. The van der Waals surface area contributed by atoms with E-state index < -0.39 is 0 Å². The summed E-state index contributed by atoms with van der Waals surface area (Å²) in [7, 11) is 0. The number of nitrogens with zero attached hydrogens (tertiary/aromatic N) is 1. The summed E-state index contributed by atoms with van der Waals surface area (Å²) >= 11 is 8.37. The van der Waals surface area contributed by atoms with Crippen LogP contribution in [0.4, 0.5) is 16.2 Å². The smallest absolute Gasteiger partial charge is 0.319 e. The molecule has 0 unspecified atom stereocenters. The van der Waals surface area contributed by atoms with Crippen molar-refractivity contribution in [2.45, 2.75) is 31.7 Å². The average molecular weight is 340 g/mol. The van der Waals surface area contributed by atoms with E-state index in [2.05, 4.69) is 15.5 Å². The standard InChI is InChI=1S/C16H22ClN3OS/c17-14-11-13(19-16(21)18-12-3-1-2-4-12)5-6-15(14)20-7-9-22-10-8-20/h5-6,11-12H,1-4,7-10H2,(H2,18,19,21). The van der Waals surface area contributed by atoms with Crippen LogP contribution in [-0.4, -0.2) is 36.7 Å². The monoisotopic (exact) mass is 339 g/mol. The Morgan fingerprint density at radius 2 is 1.95 bits per heavy atom. The molecule has 0 bridgehead atoms. The van der Waals surface area contributed by atoms with E-state index in [0.29, 0.717) is 11.1 Å². The van der Waals surface area contributed by atoms with Gasteiger partial charge < -0.3 is 15.5 Å². The van der Waals surface area contributed by atoms with Gasteiger partial charge in [0.05, 0.1) is 10.7 Å². The fourth-order valence-electron chi connectivity index (χ4n) is 3.07. The van der Waals surface area contributed by atoms with Crippen molar-refractivity contribution in [1.29, 1.82) is 0 Å². The minimum absolute atomic E-state index is 0.134. The van der Waals surface area contributed by atoms with Crippen molar-refractivity contribution in [2.75, 3.05) is 34.8 Å². The second-order valence-corrected chi connectivity index (χ2v) is 7.48. The molecule has 2 aliphatic rings. The molecule has 2 N–H and O–H groups in total. The first kappa shape index (κ1) is 15.8. The molecule has 0 radical (unpaired) electrons. The molecule has 0 aromatic heterocycles. The number of amides is 2. The van der Waals surface area contributed by atoms with Crippen LogP contribution in [0.15, 0.2) is 18.2 Å². The maximum absolute atomic E-state index is 12.0. The molecule has 0 atom stereocenters. The molecule has 6 heteroatoms. The van der Waals surface area contributed by atoms with Gasteiger partial charge in [0.15, 0.2) is 0 Å². The summed E-state index contributed by atoms with van der Waals surface area (Å²) in [6.07, 6.45) is 4.58. The normalized spacial score (nSPS) is 19.2. The quantitative estimate of drug-likeness (QED) is 0.876. The predicted molar refractivity (Wildman–Crippen MR) is 95.4 cm³/mol. The molecule has 4 nitrogen and oxygen atoms in total. The van der Waals surface area contributed by atoms with E-state index in [1.165, 1.54) is 12.8 Å². The molecule has 1 heterocycles. The second kappa shape index (κ2) is 7.47. The SMILES string of the molecule is O=C(Nc1ccc(N2CCSCC2)c(Cl)c1)NC1CCCC1. The van der Waals surface area contributed by atoms with Crippen LogP contribution in [0, 0.1) is 0 Å². The number of anilines is 2. The minimum atomic E-state index is -0.134. The highest BCUT2D eigenvalue weighted by molar-refractivity contribution is 7.99. The largest absolute Gasteiger partial charge is 0.369 e. The summed E-state index contributed by atoms with van der Waals surface area (Å²) in [5, 5.41) is 6.60. The van der Waals surface area contributed by atoms with Crippen LogP contribution in [-0.2, 0) is 0 Å². The molecule has 1 saturated carbocycles. The van der Waals surface area contributed by atoms with E-state index in [0.717, 1.165) is 48.8 Å². The zero-order valence-corrected chi connectivity index (χ0v) is 14.2. The lowest BCUT2D eigenvalue weighted by Crippen LogP contribution is -2.36. The van der Waals surface area contributed by atoms with E-state index in [-0.39, 0.29) is 6.03 Å². The Morgan fingerprint density at radius 3 is 2.64 bits per heavy atom. The zero-order valence-electron chi connectivity index (χ0n) is 12.6. The van der Waals surface area contributed by atoms with Crippen molar-refractivity contribution in [3.8, 4) is 0 Å². The number of thioether (sulfide) groups is 1. The summed E-state index contributed by atoms with van der Waals surface area (Å²) < 4.78 is 0. The molecule has 2 fully saturated rings. The van der Waals surface area contributed by atoms with Gasteiger partial charge in [-0.25, -0.2) is 4.79 Å². The molecule has 1 aromatic carbocycles. The summed E-state index contributed by atoms with van der Waals surface area (Å²) in [6, 6.07) is 5.96. The van der Waals surface area contributed by atoms with Gasteiger partial charge in [-0.15, -0.1) is 0 Å². The van der Waals surface area contributed by atoms with Gasteiger partial charge in [-0.1, -0.05) is 24.4 Å². The lowest BCUT2D eigenvalue weighted by atomic mass is 10.2. The topological polar surface area (TPSA) is 44.4 Å². The van der Waals surface area contributed by atoms with Crippen LogP contribution in [0.5, 0.6) is 0 Å². The molecule has 2 amide bonds. The molecule has 1 aliphatic carbocycles. The molecule has 120 valence electrons. The number of nitrogens with one attached hydrogen (secondary N) is 2. The molecule has 1 saturated heterocycles. The maximum atomic E-state index is 12.0. The molecule has 3 rings (SSSR count). The van der Waals surface area contributed by atoms with E-state index in [1.807, 2.05) is 30.0 Å². The molecule has 22 heavy (non-hydrogen) atoms. The van der Waals surface area contributed by atoms with Crippen molar-refractivity contribution < 1.29 is 4.79 Å². The second-order valence-electron chi connectivity index (χ2n) is 5.85. The highest BCUT2D eigenvalue weighted by Crippen LogP contribution is 2.30. The van der Waals surface area contributed by atoms with E-state index >= 15 is 0 Å². The van der Waals surface area contributed by atoms with Crippen molar-refractivity contribution in [1.82, 2.24) is 5.32 Å². The molecule has 0 spiro atoms. The van der Waals surface area contributed by atoms with Crippen molar-refractivity contribution in [3.63, 3.8) is 0 Å². The molecular weight excluding hydrogens is 318 g/mol. The first-order valence-electron chi connectivity index (χ1n) is 7.92. The highest BCUT2D eigenvalue weighted by Gasteiger charge is 2.18. The van der Waals surface area contributed by atoms with Gasteiger partial charge in [0.2, 0.25) is 0 Å². The lowest BCUT2D eigenvalue weighted by Gasteiger charge is -2.29. The molecular formula is C16H22ClN3OS. The first-order valence-corrected chi connectivity index (χ1v) is 9.45. The van der Waals surface area contributed by atoms with Crippen LogP contribution >= 0.6 is 23.4 Å². The van der Waals surface area contributed by atoms with Crippen molar-refractivity contribution in [2.24, 2.45) is 0 Å². The van der Waals surface area contributed by atoms with Gasteiger partial charge in [-0.2, -0.15) is 11.8 Å². The van der Waals surface area contributed by atoms with Crippen LogP contribution in [0.1, 0.15) is 25.7 Å². The number of urea groups is 1. The third-order valence-corrected chi connectivity index (χ3v) is 5.49. The summed E-state index contributed by atoms with van der Waals surface area (Å²) in [6.45, 7) is 2.05. The lowest BCUT2D eigenvalue weighted by molar-refractivity contribution is 0.248. The number of carbonyl (C=O) groups is 1. The Labute approximate surface area is 141 Å². The van der Waals surface area contributed by atoms with Crippen LogP contribution in [0.2, 0.25) is 5.02 Å². The van der Waals surface area contributed by atoms with Gasteiger partial charge >= 0.3 is 6.03 Å². The first-order chi connectivity index (χ1) is 10.7. The molecule has 1 aliphatic heterocycles. The van der Waals surface area contributed by atoms with Crippen molar-refractivity contribution >= 4 is 40.8 Å². The maximum Gasteiger partial charge on any atom is 0.319 e. The number of carbonyl (C=O) groups excluding carboxylic acids is 1. The van der Waals surface area contributed by atoms with Crippen LogP contribution < -0.4 is 15.5 Å². The van der Waals surface area contributed by atoms with E-state index in [1.54, 1.807) is 0 Å². The zero-order chi connectivity index (χ0) is 15.4. The summed E-state index contributed by atoms with van der Waals surface area (Å²) in [5.41, 5.74) is 1.80. The number of rotatable bonds is 3. The van der Waals surface area contributed by atoms with Gasteiger partial charge in [0, 0.05) is 36.3 Å². The molecule has 1 aromatic rings. The average Bonchev–Trinajstić information content (AvgIpc) is 3.01. The number of hydrogen-bond acceptors (Lipinski definition) is 3. The Bertz CT molecular complexity index is 528. The predicted octanol–water partition coefficient (Wildman–Crippen LogP) is 3.96. The highest BCUT2D eigenvalue weighted by atomic mass is 35.5. The van der Waals surface area contributed by atoms with Gasteiger partial charge in [-0.05, 0) is 31.0 Å². The number of benzene rings is 1. The Balaban J connectivity index is 1.59. The summed E-state index contributed by atoms with van der Waals surface area (Å²) in [5.74, 6) is 2.28. The van der Waals surface area contributed by atoms with Crippen molar-refractivity contribution in [3.05, 3.63) is 23.2 Å². The fraction of sp³-hybridized carbons (Fsp3) is 0.562. The van der Waals surface area contributed by atoms with Gasteiger partial charge in [-0.3, -0.25) is 0 Å². The fourth-order valence-corrected chi connectivity index (χ4v) is 4.27. The minimum Gasteiger partial charge on any atom is -0.369 e. The van der Waals surface area contributed by atoms with Gasteiger partial charge in [0.25, 0.3) is 0 Å². The third-order valence-electron chi connectivity index (χ3n) is 4.25. The Morgan fingerprint density at radius 1 is 1.23 bits per heavy atom. The Hall–Kier alpha value is -1.07. The van der Waals surface area contributed by atoms with E-state index in [4.69, 9.17) is 11.6 Å². The van der Waals surface area contributed by atoms with Crippen LogP contribution in [0.25, 0.3) is 0 Å². The Kier molecular flexibility index (Phi) is 5.37. The third kappa shape index (κ3) is 4.02.